The number of ether oxygens (including phenoxy) is 2. The van der Waals surface area contributed by atoms with Gasteiger partial charge in [-0.05, 0) is 37.6 Å². The zero-order valence-electron chi connectivity index (χ0n) is 16.9. The van der Waals surface area contributed by atoms with E-state index in [4.69, 9.17) is 4.74 Å². The van der Waals surface area contributed by atoms with E-state index >= 15 is 0 Å². The smallest absolute Gasteiger partial charge is 0.469 e. The first kappa shape index (κ1) is 22.4. The van der Waals surface area contributed by atoms with Crippen LogP contribution >= 0.6 is 0 Å². The summed E-state index contributed by atoms with van der Waals surface area (Å²) < 4.78 is 46.2. The quantitative estimate of drug-likeness (QED) is 0.697. The summed E-state index contributed by atoms with van der Waals surface area (Å²) in [6, 6.07) is 5.38. The molecule has 0 spiro atoms. The fourth-order valence-corrected chi connectivity index (χ4v) is 4.29. The van der Waals surface area contributed by atoms with E-state index in [9.17, 15) is 22.8 Å². The summed E-state index contributed by atoms with van der Waals surface area (Å²) in [4.78, 5) is 28.4. The van der Waals surface area contributed by atoms with Crippen LogP contribution in [0.25, 0.3) is 0 Å². The second-order valence-electron chi connectivity index (χ2n) is 7.65. The first-order valence-corrected chi connectivity index (χ1v) is 9.83. The highest BCUT2D eigenvalue weighted by Gasteiger charge is 2.45. The summed E-state index contributed by atoms with van der Waals surface area (Å²) in [5.41, 5.74) is 0.638. The number of hydrogen-bond acceptors (Lipinski definition) is 6. The maximum atomic E-state index is 12.8. The molecule has 1 aromatic rings. The summed E-state index contributed by atoms with van der Waals surface area (Å²) >= 11 is 0. The number of likely N-dealkylation sites (tertiary alicyclic amines) is 1. The molecule has 2 aliphatic heterocycles. The van der Waals surface area contributed by atoms with E-state index in [0.717, 1.165) is 6.42 Å². The zero-order valence-corrected chi connectivity index (χ0v) is 16.9. The van der Waals surface area contributed by atoms with Crippen LogP contribution in [0.1, 0.15) is 24.8 Å². The third-order valence-electron chi connectivity index (χ3n) is 5.78. The average Bonchev–Trinajstić information content (AvgIpc) is 3.04. The largest absolute Gasteiger partial charge is 0.573 e. The number of carbonyl (C=O) groups is 2. The molecule has 2 aliphatic rings. The molecule has 3 unspecified atom stereocenters. The topological polar surface area (TPSA) is 71.1 Å². The number of esters is 1. The number of hydrogen-bond donors (Lipinski definition) is 1. The Kier molecular flexibility index (Phi) is 6.87. The van der Waals surface area contributed by atoms with E-state index in [1.54, 1.807) is 6.07 Å². The van der Waals surface area contributed by atoms with Crippen LogP contribution in [-0.4, -0.2) is 73.4 Å². The normalized spacial score (nSPS) is 25.4. The molecule has 2 saturated heterocycles. The Bertz CT molecular complexity index is 774. The molecule has 10 heteroatoms. The van der Waals surface area contributed by atoms with Gasteiger partial charge in [0, 0.05) is 38.1 Å². The average molecular weight is 429 g/mol. The van der Waals surface area contributed by atoms with Gasteiger partial charge < -0.3 is 14.8 Å². The molecule has 0 aliphatic carbocycles. The Morgan fingerprint density at radius 2 is 2.10 bits per heavy atom. The number of methoxy groups -OCH3 is 1. The molecule has 1 N–H and O–H groups in total. The molecule has 166 valence electrons. The highest BCUT2D eigenvalue weighted by molar-refractivity contribution is 5.83. The Hall–Kier alpha value is -2.33. The Morgan fingerprint density at radius 3 is 2.80 bits per heavy atom. The molecule has 7 nitrogen and oxygen atoms in total. The lowest BCUT2D eigenvalue weighted by molar-refractivity contribution is -0.274. The van der Waals surface area contributed by atoms with Crippen molar-refractivity contribution >= 4 is 11.9 Å². The van der Waals surface area contributed by atoms with Crippen LogP contribution in [-0.2, 0) is 20.9 Å². The first-order valence-electron chi connectivity index (χ1n) is 9.83. The van der Waals surface area contributed by atoms with Gasteiger partial charge in [0.1, 0.15) is 11.8 Å². The van der Waals surface area contributed by atoms with Crippen LogP contribution in [0.4, 0.5) is 13.2 Å². The number of nitrogens with one attached hydrogen (secondary N) is 1. The van der Waals surface area contributed by atoms with Crippen molar-refractivity contribution in [3.63, 3.8) is 0 Å². The van der Waals surface area contributed by atoms with Gasteiger partial charge in [0.25, 0.3) is 0 Å². The second kappa shape index (κ2) is 9.22. The zero-order chi connectivity index (χ0) is 21.9. The standard InChI is InChI=1S/C20H26F3N3O4/c1-25-14(6-7-17(27)29-2)11-24-19(28)18-16(25)8-9-26(18)12-13-4-3-5-15(10-13)30-20(21,22)23/h3-5,10,14,16,18H,6-9,11-12H2,1-2H3,(H,24,28). The minimum atomic E-state index is -4.75. The second-order valence-corrected chi connectivity index (χ2v) is 7.65. The Balaban J connectivity index is 1.69. The number of alkyl halides is 3. The van der Waals surface area contributed by atoms with E-state index in [0.29, 0.717) is 31.6 Å². The minimum absolute atomic E-state index is 0.00603. The maximum absolute atomic E-state index is 12.8. The fraction of sp³-hybridized carbons (Fsp3) is 0.600. The van der Waals surface area contributed by atoms with E-state index in [2.05, 4.69) is 15.0 Å². The molecular weight excluding hydrogens is 403 g/mol. The van der Waals surface area contributed by atoms with Crippen molar-refractivity contribution < 1.29 is 32.2 Å². The van der Waals surface area contributed by atoms with Crippen LogP contribution < -0.4 is 10.1 Å². The molecule has 1 aromatic carbocycles. The number of nitrogens with zero attached hydrogens (tertiary/aromatic N) is 2. The fourth-order valence-electron chi connectivity index (χ4n) is 4.29. The molecule has 3 rings (SSSR count). The minimum Gasteiger partial charge on any atom is -0.469 e. The van der Waals surface area contributed by atoms with E-state index in [1.165, 1.54) is 25.3 Å². The summed E-state index contributed by atoms with van der Waals surface area (Å²) in [6.45, 7) is 1.41. The van der Waals surface area contributed by atoms with Crippen LogP contribution in [0.15, 0.2) is 24.3 Å². The van der Waals surface area contributed by atoms with Crippen LogP contribution in [0, 0.1) is 0 Å². The molecule has 1 amide bonds. The van der Waals surface area contributed by atoms with Crippen molar-refractivity contribution in [1.82, 2.24) is 15.1 Å². The van der Waals surface area contributed by atoms with E-state index in [1.807, 2.05) is 11.9 Å². The summed E-state index contributed by atoms with van der Waals surface area (Å²) in [5.74, 6) is -0.668. The van der Waals surface area contributed by atoms with Crippen molar-refractivity contribution in [2.24, 2.45) is 0 Å². The van der Waals surface area contributed by atoms with Gasteiger partial charge in [0.15, 0.2) is 0 Å². The highest BCUT2D eigenvalue weighted by Crippen LogP contribution is 2.30. The summed E-state index contributed by atoms with van der Waals surface area (Å²) in [6.07, 6.45) is -3.15. The van der Waals surface area contributed by atoms with E-state index in [-0.39, 0.29) is 36.1 Å². The predicted molar refractivity (Wildman–Crippen MR) is 102 cm³/mol. The SMILES string of the molecule is COC(=O)CCC1CNC(=O)C2C(CCN2Cc2cccc(OC(F)(F)F)c2)N1C. The van der Waals surface area contributed by atoms with Crippen LogP contribution in [0.3, 0.4) is 0 Å². The lowest BCUT2D eigenvalue weighted by Crippen LogP contribution is -2.49. The number of benzene rings is 1. The first-order chi connectivity index (χ1) is 14.2. The van der Waals surface area contributed by atoms with Gasteiger partial charge >= 0.3 is 12.3 Å². The van der Waals surface area contributed by atoms with Crippen molar-refractivity contribution in [3.05, 3.63) is 29.8 Å². The van der Waals surface area contributed by atoms with Crippen molar-refractivity contribution in [2.75, 3.05) is 27.2 Å². The summed E-state index contributed by atoms with van der Waals surface area (Å²) in [5, 5.41) is 2.95. The number of carbonyl (C=O) groups excluding carboxylic acids is 2. The number of fused-ring (bicyclic) bond motifs is 1. The molecule has 2 fully saturated rings. The lowest BCUT2D eigenvalue weighted by Gasteiger charge is -2.33. The number of halogens is 3. The van der Waals surface area contributed by atoms with Crippen LogP contribution in [0.2, 0.25) is 0 Å². The molecule has 30 heavy (non-hydrogen) atoms. The third kappa shape index (κ3) is 5.42. The molecule has 0 saturated carbocycles. The molecule has 0 bridgehead atoms. The van der Waals surface area contributed by atoms with Crippen molar-refractivity contribution in [2.45, 2.75) is 50.3 Å². The van der Waals surface area contributed by atoms with Gasteiger partial charge in [-0.3, -0.25) is 19.4 Å². The highest BCUT2D eigenvalue weighted by atomic mass is 19.4. The third-order valence-corrected chi connectivity index (χ3v) is 5.78. The Labute approximate surface area is 173 Å². The van der Waals surface area contributed by atoms with Gasteiger partial charge in [-0.25, -0.2) is 0 Å². The number of likely N-dealkylation sites (N-methyl/N-ethyl adjacent to an activating group) is 1. The van der Waals surface area contributed by atoms with Gasteiger partial charge in [-0.2, -0.15) is 0 Å². The van der Waals surface area contributed by atoms with Crippen molar-refractivity contribution in [3.8, 4) is 5.75 Å². The maximum Gasteiger partial charge on any atom is 0.573 e. The van der Waals surface area contributed by atoms with Crippen molar-refractivity contribution in [1.29, 1.82) is 0 Å². The van der Waals surface area contributed by atoms with Crippen LogP contribution in [0.5, 0.6) is 5.75 Å². The molecular formula is C20H26F3N3O4. The van der Waals surface area contributed by atoms with E-state index < -0.39 is 12.4 Å². The van der Waals surface area contributed by atoms with Gasteiger partial charge in [-0.1, -0.05) is 12.1 Å². The molecule has 0 aromatic heterocycles. The van der Waals surface area contributed by atoms with Gasteiger partial charge in [0.05, 0.1) is 7.11 Å². The molecule has 0 radical (unpaired) electrons. The number of rotatable bonds is 6. The summed E-state index contributed by atoms with van der Waals surface area (Å²) in [7, 11) is 3.29. The predicted octanol–water partition coefficient (Wildman–Crippen LogP) is 1.91. The molecule has 3 atom stereocenters. The van der Waals surface area contributed by atoms with Gasteiger partial charge in [0.2, 0.25) is 5.91 Å². The lowest BCUT2D eigenvalue weighted by atomic mass is 10.0. The monoisotopic (exact) mass is 429 g/mol. The molecule has 2 heterocycles. The Morgan fingerprint density at radius 1 is 1.33 bits per heavy atom. The van der Waals surface area contributed by atoms with Gasteiger partial charge in [-0.15, -0.1) is 13.2 Å². The number of amides is 1.